The molecule has 2 aromatic carbocycles. The summed E-state index contributed by atoms with van der Waals surface area (Å²) in [5.41, 5.74) is 1.95. The Balaban J connectivity index is 1.67. The summed E-state index contributed by atoms with van der Waals surface area (Å²) in [5, 5.41) is 6.65. The molecule has 1 saturated heterocycles. The van der Waals surface area contributed by atoms with Crippen molar-refractivity contribution in [2.24, 2.45) is 4.99 Å². The molecule has 1 aliphatic heterocycles. The van der Waals surface area contributed by atoms with Gasteiger partial charge in [-0.2, -0.15) is 0 Å². The minimum absolute atomic E-state index is 0.0215. The van der Waals surface area contributed by atoms with Crippen molar-refractivity contribution >= 4 is 17.6 Å². The third kappa shape index (κ3) is 4.78. The van der Waals surface area contributed by atoms with Crippen molar-refractivity contribution in [1.82, 2.24) is 10.6 Å². The summed E-state index contributed by atoms with van der Waals surface area (Å²) in [6, 6.07) is 17.6. The van der Waals surface area contributed by atoms with Crippen LogP contribution in [0.2, 0.25) is 0 Å². The molecule has 0 aliphatic carbocycles. The summed E-state index contributed by atoms with van der Waals surface area (Å²) in [6.45, 7) is 3.90. The van der Waals surface area contributed by atoms with Crippen molar-refractivity contribution in [1.29, 1.82) is 0 Å². The summed E-state index contributed by atoms with van der Waals surface area (Å²) in [6.07, 6.45) is 0.452. The zero-order valence-corrected chi connectivity index (χ0v) is 15.8. The van der Waals surface area contributed by atoms with E-state index in [9.17, 15) is 4.79 Å². The van der Waals surface area contributed by atoms with Crippen molar-refractivity contribution in [3.05, 3.63) is 60.2 Å². The molecule has 1 aliphatic rings. The van der Waals surface area contributed by atoms with Crippen LogP contribution in [0.3, 0.4) is 0 Å². The molecule has 0 bridgehead atoms. The third-order valence-corrected chi connectivity index (χ3v) is 4.48. The third-order valence-electron chi connectivity index (χ3n) is 4.48. The van der Waals surface area contributed by atoms with Gasteiger partial charge in [-0.15, -0.1) is 0 Å². The van der Waals surface area contributed by atoms with E-state index in [1.165, 1.54) is 0 Å². The maximum Gasteiger partial charge on any atom is 0.229 e. The average Bonchev–Trinajstić information content (AvgIpc) is 3.07. The summed E-state index contributed by atoms with van der Waals surface area (Å²) in [7, 11) is 1.66. The number of para-hydroxylation sites is 2. The molecule has 1 unspecified atom stereocenters. The summed E-state index contributed by atoms with van der Waals surface area (Å²) in [5.74, 6) is 1.65. The van der Waals surface area contributed by atoms with Crippen LogP contribution in [0, 0.1) is 0 Å². The number of hydrogen-bond acceptors (Lipinski definition) is 3. The fourth-order valence-corrected chi connectivity index (χ4v) is 3.17. The van der Waals surface area contributed by atoms with E-state index >= 15 is 0 Å². The van der Waals surface area contributed by atoms with Crippen molar-refractivity contribution in [3.8, 4) is 5.75 Å². The van der Waals surface area contributed by atoms with Crippen LogP contribution in [0.5, 0.6) is 5.75 Å². The van der Waals surface area contributed by atoms with Crippen molar-refractivity contribution in [3.63, 3.8) is 0 Å². The predicted octanol–water partition coefficient (Wildman–Crippen LogP) is 2.56. The number of carbonyl (C=O) groups excluding carboxylic acids is 1. The van der Waals surface area contributed by atoms with Gasteiger partial charge in [0.2, 0.25) is 5.91 Å². The van der Waals surface area contributed by atoms with Gasteiger partial charge in [-0.05, 0) is 25.1 Å². The fraction of sp³-hybridized carbons (Fsp3) is 0.333. The highest BCUT2D eigenvalue weighted by Crippen LogP contribution is 2.21. The zero-order chi connectivity index (χ0) is 19.1. The van der Waals surface area contributed by atoms with E-state index in [4.69, 9.17) is 4.74 Å². The predicted molar refractivity (Wildman–Crippen MR) is 108 cm³/mol. The molecule has 1 atom stereocenters. The van der Waals surface area contributed by atoms with E-state index in [1.54, 1.807) is 7.11 Å². The minimum atomic E-state index is 0.0215. The van der Waals surface area contributed by atoms with Gasteiger partial charge >= 0.3 is 0 Å². The maximum atomic E-state index is 12.4. The van der Waals surface area contributed by atoms with Crippen LogP contribution in [-0.4, -0.2) is 38.1 Å². The molecule has 1 heterocycles. The largest absolute Gasteiger partial charge is 0.496 e. The smallest absolute Gasteiger partial charge is 0.229 e. The lowest BCUT2D eigenvalue weighted by atomic mass is 10.2. The van der Waals surface area contributed by atoms with E-state index in [-0.39, 0.29) is 11.9 Å². The number of guanidine groups is 1. The molecule has 6 heteroatoms. The summed E-state index contributed by atoms with van der Waals surface area (Å²) < 4.78 is 5.39. The number of benzene rings is 2. The number of rotatable bonds is 6. The highest BCUT2D eigenvalue weighted by atomic mass is 16.5. The Labute approximate surface area is 160 Å². The van der Waals surface area contributed by atoms with Crippen molar-refractivity contribution < 1.29 is 9.53 Å². The average molecular weight is 366 g/mol. The zero-order valence-electron chi connectivity index (χ0n) is 15.8. The lowest BCUT2D eigenvalue weighted by Crippen LogP contribution is -2.44. The van der Waals surface area contributed by atoms with Crippen LogP contribution in [0.15, 0.2) is 59.6 Å². The van der Waals surface area contributed by atoms with E-state index in [0.29, 0.717) is 25.5 Å². The normalized spacial score (nSPS) is 17.1. The highest BCUT2D eigenvalue weighted by molar-refractivity contribution is 5.97. The van der Waals surface area contributed by atoms with Crippen LogP contribution in [0.25, 0.3) is 0 Å². The van der Waals surface area contributed by atoms with E-state index in [2.05, 4.69) is 15.6 Å². The Kier molecular flexibility index (Phi) is 6.30. The molecule has 2 aromatic rings. The number of nitrogens with zero attached hydrogens (tertiary/aromatic N) is 2. The van der Waals surface area contributed by atoms with Gasteiger partial charge in [-0.3, -0.25) is 4.79 Å². The first-order valence-corrected chi connectivity index (χ1v) is 9.23. The number of nitrogens with one attached hydrogen (secondary N) is 2. The van der Waals surface area contributed by atoms with Crippen molar-refractivity contribution in [2.75, 3.05) is 25.1 Å². The molecule has 142 valence electrons. The molecular weight excluding hydrogens is 340 g/mol. The molecule has 0 spiro atoms. The first-order valence-electron chi connectivity index (χ1n) is 9.23. The monoisotopic (exact) mass is 366 g/mol. The number of aliphatic imine (C=N–C) groups is 1. The molecule has 6 nitrogen and oxygen atoms in total. The van der Waals surface area contributed by atoms with Gasteiger partial charge in [0, 0.05) is 30.8 Å². The van der Waals surface area contributed by atoms with E-state index < -0.39 is 0 Å². The lowest BCUT2D eigenvalue weighted by molar-refractivity contribution is -0.117. The van der Waals surface area contributed by atoms with Gasteiger partial charge in [-0.1, -0.05) is 36.4 Å². The van der Waals surface area contributed by atoms with Gasteiger partial charge in [0.15, 0.2) is 5.96 Å². The first kappa shape index (κ1) is 18.8. The van der Waals surface area contributed by atoms with Crippen molar-refractivity contribution in [2.45, 2.75) is 25.9 Å². The van der Waals surface area contributed by atoms with E-state index in [1.807, 2.05) is 66.4 Å². The van der Waals surface area contributed by atoms with Crippen LogP contribution in [0.1, 0.15) is 18.9 Å². The molecule has 2 N–H and O–H groups in total. The summed E-state index contributed by atoms with van der Waals surface area (Å²) in [4.78, 5) is 18.9. The first-order chi connectivity index (χ1) is 13.2. The number of methoxy groups -OCH3 is 1. The lowest BCUT2D eigenvalue weighted by Gasteiger charge is -2.19. The van der Waals surface area contributed by atoms with Gasteiger partial charge < -0.3 is 20.3 Å². The highest BCUT2D eigenvalue weighted by Gasteiger charge is 2.31. The second-order valence-electron chi connectivity index (χ2n) is 6.39. The number of anilines is 1. The molecule has 3 rings (SSSR count). The van der Waals surface area contributed by atoms with Crippen LogP contribution < -0.4 is 20.3 Å². The SMILES string of the molecule is CCNC(=NCc1ccccc1OC)NC1CC(=O)N(c2ccccc2)C1. The number of amides is 1. The Morgan fingerprint density at radius 2 is 1.93 bits per heavy atom. The second kappa shape index (κ2) is 9.07. The molecular formula is C21H26N4O2. The van der Waals surface area contributed by atoms with Crippen LogP contribution in [-0.2, 0) is 11.3 Å². The Hall–Kier alpha value is -3.02. The molecule has 1 fully saturated rings. The Bertz CT molecular complexity index is 792. The molecule has 27 heavy (non-hydrogen) atoms. The van der Waals surface area contributed by atoms with Gasteiger partial charge in [0.1, 0.15) is 5.75 Å². The van der Waals surface area contributed by atoms with Gasteiger partial charge in [-0.25, -0.2) is 4.99 Å². The number of hydrogen-bond donors (Lipinski definition) is 2. The Morgan fingerprint density at radius 3 is 2.67 bits per heavy atom. The van der Waals surface area contributed by atoms with Gasteiger partial charge in [0.05, 0.1) is 19.7 Å². The quantitative estimate of drug-likeness (QED) is 0.609. The van der Waals surface area contributed by atoms with E-state index in [0.717, 1.165) is 23.5 Å². The molecule has 0 saturated carbocycles. The summed E-state index contributed by atoms with van der Waals surface area (Å²) >= 11 is 0. The molecule has 0 aromatic heterocycles. The maximum absolute atomic E-state index is 12.4. The fourth-order valence-electron chi connectivity index (χ4n) is 3.17. The minimum Gasteiger partial charge on any atom is -0.496 e. The van der Waals surface area contributed by atoms with Crippen LogP contribution >= 0.6 is 0 Å². The molecule has 1 amide bonds. The number of carbonyl (C=O) groups is 1. The van der Waals surface area contributed by atoms with Crippen LogP contribution in [0.4, 0.5) is 5.69 Å². The number of ether oxygens (including phenoxy) is 1. The Morgan fingerprint density at radius 1 is 1.19 bits per heavy atom. The molecule has 0 radical (unpaired) electrons. The van der Waals surface area contributed by atoms with Gasteiger partial charge in [0.25, 0.3) is 0 Å². The second-order valence-corrected chi connectivity index (χ2v) is 6.39. The topological polar surface area (TPSA) is 66.0 Å². The standard InChI is InChI=1S/C21H26N4O2/c1-3-22-21(23-14-16-9-7-8-12-19(16)27-2)24-17-13-20(26)25(15-17)18-10-5-4-6-11-18/h4-12,17H,3,13-15H2,1-2H3,(H2,22,23,24).